The Balaban J connectivity index is 1.52. The molecule has 0 aliphatic carbocycles. The number of aliphatic hydroxyl groups excluding tert-OH is 1. The first-order valence-corrected chi connectivity index (χ1v) is 8.88. The number of guanidine groups is 1. The van der Waals surface area contributed by atoms with Crippen LogP contribution in [0.3, 0.4) is 0 Å². The van der Waals surface area contributed by atoms with E-state index in [0.717, 1.165) is 30.7 Å². The molecule has 1 aliphatic rings. The second-order valence-corrected chi connectivity index (χ2v) is 6.57. The van der Waals surface area contributed by atoms with Crippen LogP contribution in [0.4, 0.5) is 0 Å². The van der Waals surface area contributed by atoms with Gasteiger partial charge in [0.15, 0.2) is 5.96 Å². The fraction of sp³-hybridized carbons (Fsp3) is 0.474. The molecule has 2 heterocycles. The fourth-order valence-electron chi connectivity index (χ4n) is 3.08. The fourth-order valence-corrected chi connectivity index (χ4v) is 3.08. The first kappa shape index (κ1) is 18.4. The smallest absolute Gasteiger partial charge is 0.226 e. The maximum absolute atomic E-state index is 9.31. The minimum Gasteiger partial charge on any atom is -0.444 e. The van der Waals surface area contributed by atoms with Crippen LogP contribution in [-0.4, -0.2) is 49.5 Å². The van der Waals surface area contributed by atoms with Crippen molar-refractivity contribution in [1.82, 2.24) is 15.6 Å². The molecular weight excluding hydrogens is 332 g/mol. The van der Waals surface area contributed by atoms with Gasteiger partial charge in [-0.2, -0.15) is 0 Å². The van der Waals surface area contributed by atoms with E-state index in [4.69, 9.17) is 9.15 Å². The monoisotopic (exact) mass is 358 g/mol. The molecular formula is C19H26N4O3. The van der Waals surface area contributed by atoms with Crippen molar-refractivity contribution in [3.8, 4) is 11.5 Å². The molecule has 2 aromatic rings. The van der Waals surface area contributed by atoms with Gasteiger partial charge in [0, 0.05) is 37.8 Å². The van der Waals surface area contributed by atoms with Crippen molar-refractivity contribution in [2.75, 3.05) is 33.4 Å². The Hall–Kier alpha value is -2.38. The average molecular weight is 358 g/mol. The summed E-state index contributed by atoms with van der Waals surface area (Å²) in [4.78, 5) is 8.76. The Morgan fingerprint density at radius 3 is 2.85 bits per heavy atom. The third-order valence-corrected chi connectivity index (χ3v) is 4.69. The van der Waals surface area contributed by atoms with Crippen LogP contribution in [-0.2, 0) is 11.3 Å². The Morgan fingerprint density at radius 1 is 1.31 bits per heavy atom. The van der Waals surface area contributed by atoms with E-state index in [9.17, 15) is 5.11 Å². The zero-order chi connectivity index (χ0) is 18.2. The average Bonchev–Trinajstić information content (AvgIpc) is 3.33. The van der Waals surface area contributed by atoms with Gasteiger partial charge in [-0.05, 0) is 25.0 Å². The third kappa shape index (κ3) is 4.62. The number of benzene rings is 1. The van der Waals surface area contributed by atoms with E-state index < -0.39 is 0 Å². The highest BCUT2D eigenvalue weighted by Crippen LogP contribution is 2.31. The van der Waals surface area contributed by atoms with Gasteiger partial charge >= 0.3 is 0 Å². The van der Waals surface area contributed by atoms with Gasteiger partial charge in [0.2, 0.25) is 5.89 Å². The summed E-state index contributed by atoms with van der Waals surface area (Å²) in [6.07, 6.45) is 3.32. The molecule has 0 spiro atoms. The molecule has 3 rings (SSSR count). The van der Waals surface area contributed by atoms with Crippen LogP contribution in [0, 0.1) is 5.41 Å². The van der Waals surface area contributed by atoms with Gasteiger partial charge < -0.3 is 24.9 Å². The quantitative estimate of drug-likeness (QED) is 0.516. The van der Waals surface area contributed by atoms with Crippen molar-refractivity contribution < 1.29 is 14.3 Å². The van der Waals surface area contributed by atoms with Crippen LogP contribution in [0.5, 0.6) is 0 Å². The van der Waals surface area contributed by atoms with E-state index in [1.54, 1.807) is 13.3 Å². The number of oxazole rings is 1. The predicted octanol–water partition coefficient (Wildman–Crippen LogP) is 1.80. The number of nitrogens with one attached hydrogen (secondary N) is 2. The van der Waals surface area contributed by atoms with Gasteiger partial charge in [0.1, 0.15) is 6.26 Å². The second-order valence-electron chi connectivity index (χ2n) is 6.57. The lowest BCUT2D eigenvalue weighted by molar-refractivity contribution is 0.127. The van der Waals surface area contributed by atoms with Crippen LogP contribution in [0.15, 0.2) is 46.0 Å². The van der Waals surface area contributed by atoms with Gasteiger partial charge in [-0.15, -0.1) is 0 Å². The van der Waals surface area contributed by atoms with E-state index in [-0.39, 0.29) is 12.0 Å². The summed E-state index contributed by atoms with van der Waals surface area (Å²) in [5.74, 6) is 1.30. The Labute approximate surface area is 153 Å². The van der Waals surface area contributed by atoms with E-state index >= 15 is 0 Å². The maximum atomic E-state index is 9.31. The number of hydrogen-bond acceptors (Lipinski definition) is 5. The lowest BCUT2D eigenvalue weighted by Gasteiger charge is -2.27. The molecule has 1 aliphatic heterocycles. The van der Waals surface area contributed by atoms with Crippen LogP contribution >= 0.6 is 0 Å². The standard InChI is InChI=1S/C19H26N4O3/c1-20-18(22-13-19(7-9-24)8-10-25-14-19)21-11-16-12-26-17(23-16)15-5-3-2-4-6-15/h2-6,12,24H,7-11,13-14H2,1H3,(H2,20,21,22). The molecule has 1 atom stereocenters. The Bertz CT molecular complexity index is 709. The normalized spacial score (nSPS) is 20.3. The summed E-state index contributed by atoms with van der Waals surface area (Å²) >= 11 is 0. The predicted molar refractivity (Wildman–Crippen MR) is 99.7 cm³/mol. The van der Waals surface area contributed by atoms with Crippen LogP contribution in [0.2, 0.25) is 0 Å². The first-order chi connectivity index (χ1) is 12.7. The number of aromatic nitrogens is 1. The number of aliphatic imine (C=N–C) groups is 1. The molecule has 0 bridgehead atoms. The van der Waals surface area contributed by atoms with Gasteiger partial charge in [-0.1, -0.05) is 18.2 Å². The van der Waals surface area contributed by atoms with Gasteiger partial charge in [0.05, 0.1) is 18.8 Å². The second kappa shape index (κ2) is 8.82. The molecule has 1 aromatic carbocycles. The third-order valence-electron chi connectivity index (χ3n) is 4.69. The summed E-state index contributed by atoms with van der Waals surface area (Å²) in [6, 6.07) is 9.81. The number of nitrogens with zero attached hydrogens (tertiary/aromatic N) is 2. The zero-order valence-corrected chi connectivity index (χ0v) is 15.1. The molecule has 7 nitrogen and oxygen atoms in total. The molecule has 0 radical (unpaired) electrons. The summed E-state index contributed by atoms with van der Waals surface area (Å²) in [5.41, 5.74) is 1.73. The van der Waals surface area contributed by atoms with E-state index in [0.29, 0.717) is 31.5 Å². The minimum absolute atomic E-state index is 0.0270. The van der Waals surface area contributed by atoms with Crippen LogP contribution in [0.1, 0.15) is 18.5 Å². The zero-order valence-electron chi connectivity index (χ0n) is 15.1. The molecule has 0 saturated carbocycles. The summed E-state index contributed by atoms with van der Waals surface area (Å²) in [7, 11) is 1.73. The largest absolute Gasteiger partial charge is 0.444 e. The minimum atomic E-state index is -0.0270. The van der Waals surface area contributed by atoms with Crippen molar-refractivity contribution >= 4 is 5.96 Å². The lowest BCUT2D eigenvalue weighted by atomic mass is 9.84. The van der Waals surface area contributed by atoms with Gasteiger partial charge in [-0.3, -0.25) is 4.99 Å². The van der Waals surface area contributed by atoms with E-state index in [1.807, 2.05) is 30.3 Å². The highest BCUT2D eigenvalue weighted by Gasteiger charge is 2.34. The highest BCUT2D eigenvalue weighted by atomic mass is 16.5. The molecule has 140 valence electrons. The lowest BCUT2D eigenvalue weighted by Crippen LogP contribution is -2.44. The number of ether oxygens (including phenoxy) is 1. The Morgan fingerprint density at radius 2 is 2.15 bits per heavy atom. The number of aliphatic hydroxyl groups is 1. The van der Waals surface area contributed by atoms with Crippen molar-refractivity contribution in [1.29, 1.82) is 0 Å². The molecule has 1 unspecified atom stereocenters. The molecule has 0 amide bonds. The van der Waals surface area contributed by atoms with Crippen molar-refractivity contribution in [2.45, 2.75) is 19.4 Å². The first-order valence-electron chi connectivity index (χ1n) is 8.88. The molecule has 26 heavy (non-hydrogen) atoms. The number of rotatable bonds is 7. The van der Waals surface area contributed by atoms with Crippen molar-refractivity contribution in [3.05, 3.63) is 42.3 Å². The van der Waals surface area contributed by atoms with Crippen LogP contribution in [0.25, 0.3) is 11.5 Å². The molecule has 7 heteroatoms. The summed E-state index contributed by atoms with van der Waals surface area (Å²) in [5, 5.41) is 15.9. The molecule has 1 saturated heterocycles. The SMILES string of the molecule is CN=C(NCc1coc(-c2ccccc2)n1)NCC1(CCO)CCOC1. The van der Waals surface area contributed by atoms with Crippen LogP contribution < -0.4 is 10.6 Å². The molecule has 1 aromatic heterocycles. The van der Waals surface area contributed by atoms with Gasteiger partial charge in [-0.25, -0.2) is 4.98 Å². The highest BCUT2D eigenvalue weighted by molar-refractivity contribution is 5.79. The maximum Gasteiger partial charge on any atom is 0.226 e. The number of hydrogen-bond donors (Lipinski definition) is 3. The molecule has 3 N–H and O–H groups in total. The summed E-state index contributed by atoms with van der Waals surface area (Å²) < 4.78 is 11.1. The van der Waals surface area contributed by atoms with E-state index in [2.05, 4.69) is 20.6 Å². The van der Waals surface area contributed by atoms with Gasteiger partial charge in [0.25, 0.3) is 0 Å². The van der Waals surface area contributed by atoms with Crippen molar-refractivity contribution in [2.24, 2.45) is 10.4 Å². The topological polar surface area (TPSA) is 91.9 Å². The van der Waals surface area contributed by atoms with E-state index in [1.165, 1.54) is 0 Å². The van der Waals surface area contributed by atoms with Crippen molar-refractivity contribution in [3.63, 3.8) is 0 Å². The molecule has 1 fully saturated rings. The Kier molecular flexibility index (Phi) is 6.25. The summed E-state index contributed by atoms with van der Waals surface area (Å²) in [6.45, 7) is 2.80.